The molecule has 1 N–H and O–H groups in total. The molecule has 106 valence electrons. The van der Waals surface area contributed by atoms with Gasteiger partial charge in [0.05, 0.1) is 4.47 Å². The first-order valence-electron chi connectivity index (χ1n) is 6.90. The van der Waals surface area contributed by atoms with E-state index in [0.717, 1.165) is 18.5 Å². The van der Waals surface area contributed by atoms with Crippen molar-refractivity contribution in [2.75, 3.05) is 5.32 Å². The maximum atomic E-state index is 13.2. The van der Waals surface area contributed by atoms with E-state index in [1.54, 1.807) is 12.1 Å². The summed E-state index contributed by atoms with van der Waals surface area (Å²) in [5.41, 5.74) is 3.50. The average Bonchev–Trinajstić information content (AvgIpc) is 2.44. The highest BCUT2D eigenvalue weighted by molar-refractivity contribution is 9.10. The number of nitrogens with one attached hydrogen (secondary N) is 1. The van der Waals surface area contributed by atoms with E-state index in [-0.39, 0.29) is 11.9 Å². The van der Waals surface area contributed by atoms with E-state index in [9.17, 15) is 4.39 Å². The van der Waals surface area contributed by atoms with Crippen LogP contribution in [0.25, 0.3) is 0 Å². The van der Waals surface area contributed by atoms with E-state index >= 15 is 0 Å². The van der Waals surface area contributed by atoms with Crippen LogP contribution in [0.15, 0.2) is 46.9 Å². The summed E-state index contributed by atoms with van der Waals surface area (Å²) in [6.07, 6.45) is 2.28. The van der Waals surface area contributed by atoms with Gasteiger partial charge in [-0.1, -0.05) is 37.6 Å². The van der Waals surface area contributed by atoms with Crippen molar-refractivity contribution in [3.63, 3.8) is 0 Å². The molecule has 0 heterocycles. The lowest BCUT2D eigenvalue weighted by Crippen LogP contribution is -2.06. The summed E-state index contributed by atoms with van der Waals surface area (Å²) in [6.45, 7) is 4.29. The van der Waals surface area contributed by atoms with Crippen molar-refractivity contribution < 1.29 is 4.39 Å². The Balaban J connectivity index is 2.06. The third-order valence-electron chi connectivity index (χ3n) is 3.32. The lowest BCUT2D eigenvalue weighted by Gasteiger charge is -2.16. The summed E-state index contributed by atoms with van der Waals surface area (Å²) in [4.78, 5) is 0. The van der Waals surface area contributed by atoms with Crippen LogP contribution >= 0.6 is 15.9 Å². The van der Waals surface area contributed by atoms with Gasteiger partial charge >= 0.3 is 0 Å². The van der Waals surface area contributed by atoms with Gasteiger partial charge in [0.25, 0.3) is 0 Å². The van der Waals surface area contributed by atoms with Crippen LogP contribution in [0.3, 0.4) is 0 Å². The minimum Gasteiger partial charge on any atom is -0.378 e. The molecule has 0 fully saturated rings. The van der Waals surface area contributed by atoms with Crippen molar-refractivity contribution >= 4 is 21.6 Å². The van der Waals surface area contributed by atoms with Crippen LogP contribution in [-0.2, 0) is 6.42 Å². The topological polar surface area (TPSA) is 12.0 Å². The second kappa shape index (κ2) is 6.89. The zero-order valence-corrected chi connectivity index (χ0v) is 13.4. The molecule has 0 aliphatic rings. The Bertz CT molecular complexity index is 566. The van der Waals surface area contributed by atoms with Crippen LogP contribution in [0.2, 0.25) is 0 Å². The molecule has 0 aliphatic heterocycles. The van der Waals surface area contributed by atoms with Crippen molar-refractivity contribution in [3.8, 4) is 0 Å². The number of hydrogen-bond donors (Lipinski definition) is 1. The normalized spacial score (nSPS) is 12.2. The Labute approximate surface area is 128 Å². The zero-order chi connectivity index (χ0) is 14.5. The van der Waals surface area contributed by atoms with Crippen molar-refractivity contribution in [3.05, 3.63) is 63.9 Å². The van der Waals surface area contributed by atoms with E-state index in [2.05, 4.69) is 59.4 Å². The first-order valence-corrected chi connectivity index (χ1v) is 7.70. The van der Waals surface area contributed by atoms with Crippen LogP contribution in [0.5, 0.6) is 0 Å². The number of anilines is 1. The van der Waals surface area contributed by atoms with Gasteiger partial charge in [0.1, 0.15) is 5.82 Å². The summed E-state index contributed by atoms with van der Waals surface area (Å²) >= 11 is 3.20. The summed E-state index contributed by atoms with van der Waals surface area (Å²) in [7, 11) is 0. The molecule has 1 unspecified atom stereocenters. The predicted molar refractivity (Wildman–Crippen MR) is 86.6 cm³/mol. The molecule has 3 heteroatoms. The Morgan fingerprint density at radius 3 is 2.45 bits per heavy atom. The van der Waals surface area contributed by atoms with E-state index in [1.165, 1.54) is 17.2 Å². The van der Waals surface area contributed by atoms with Gasteiger partial charge in [-0.25, -0.2) is 4.39 Å². The lowest BCUT2D eigenvalue weighted by molar-refractivity contribution is 0.621. The number of benzene rings is 2. The third-order valence-corrected chi connectivity index (χ3v) is 3.93. The van der Waals surface area contributed by atoms with E-state index in [1.807, 2.05) is 0 Å². The maximum Gasteiger partial charge on any atom is 0.137 e. The van der Waals surface area contributed by atoms with Crippen LogP contribution < -0.4 is 5.32 Å². The Hall–Kier alpha value is -1.35. The molecular weight excluding hydrogens is 317 g/mol. The van der Waals surface area contributed by atoms with Gasteiger partial charge in [0.15, 0.2) is 0 Å². The molecule has 1 nitrogen and oxygen atoms in total. The molecule has 0 radical (unpaired) electrons. The standard InChI is InChI=1S/C17H19BrFN/c1-3-4-13-5-7-14(8-6-13)12(2)20-15-9-10-17(19)16(18)11-15/h5-12,20H,3-4H2,1-2H3. The second-order valence-electron chi connectivity index (χ2n) is 4.99. The molecule has 20 heavy (non-hydrogen) atoms. The van der Waals surface area contributed by atoms with Crippen molar-refractivity contribution in [1.29, 1.82) is 0 Å². The van der Waals surface area contributed by atoms with E-state index < -0.39 is 0 Å². The van der Waals surface area contributed by atoms with Crippen LogP contribution in [0, 0.1) is 5.82 Å². The Morgan fingerprint density at radius 1 is 1.15 bits per heavy atom. The largest absolute Gasteiger partial charge is 0.378 e. The summed E-state index contributed by atoms with van der Waals surface area (Å²) in [6, 6.07) is 13.8. The molecule has 0 aliphatic carbocycles. The minimum atomic E-state index is -0.243. The fourth-order valence-corrected chi connectivity index (χ4v) is 2.56. The quantitative estimate of drug-likeness (QED) is 0.737. The summed E-state index contributed by atoms with van der Waals surface area (Å²) in [5.74, 6) is -0.243. The van der Waals surface area contributed by atoms with Crippen LogP contribution in [0.1, 0.15) is 37.4 Å². The maximum absolute atomic E-state index is 13.2. The SMILES string of the molecule is CCCc1ccc(C(C)Nc2ccc(F)c(Br)c2)cc1. The highest BCUT2D eigenvalue weighted by atomic mass is 79.9. The van der Waals surface area contributed by atoms with Gasteiger partial charge in [-0.2, -0.15) is 0 Å². The minimum absolute atomic E-state index is 0.183. The average molecular weight is 336 g/mol. The highest BCUT2D eigenvalue weighted by Gasteiger charge is 2.07. The molecule has 0 amide bonds. The van der Waals surface area contributed by atoms with Crippen molar-refractivity contribution in [2.45, 2.75) is 32.7 Å². The summed E-state index contributed by atoms with van der Waals surface area (Å²) < 4.78 is 13.7. The van der Waals surface area contributed by atoms with Gasteiger partial charge in [0.2, 0.25) is 0 Å². The molecule has 0 aromatic heterocycles. The first-order chi connectivity index (χ1) is 9.60. The third kappa shape index (κ3) is 3.83. The highest BCUT2D eigenvalue weighted by Crippen LogP contribution is 2.24. The Kier molecular flexibility index (Phi) is 5.18. The lowest BCUT2D eigenvalue weighted by atomic mass is 10.0. The number of rotatable bonds is 5. The number of aryl methyl sites for hydroxylation is 1. The fraction of sp³-hybridized carbons (Fsp3) is 0.294. The first kappa shape index (κ1) is 15.0. The van der Waals surface area contributed by atoms with E-state index in [4.69, 9.17) is 0 Å². The van der Waals surface area contributed by atoms with Crippen molar-refractivity contribution in [2.24, 2.45) is 0 Å². The monoisotopic (exact) mass is 335 g/mol. The van der Waals surface area contributed by atoms with E-state index in [0.29, 0.717) is 4.47 Å². The second-order valence-corrected chi connectivity index (χ2v) is 5.84. The van der Waals surface area contributed by atoms with Gasteiger partial charge in [0, 0.05) is 11.7 Å². The van der Waals surface area contributed by atoms with Gasteiger partial charge in [-0.15, -0.1) is 0 Å². The fourth-order valence-electron chi connectivity index (χ4n) is 2.18. The summed E-state index contributed by atoms with van der Waals surface area (Å²) in [5, 5.41) is 3.38. The van der Waals surface area contributed by atoms with Gasteiger partial charge in [-0.05, 0) is 58.6 Å². The number of hydrogen-bond acceptors (Lipinski definition) is 1. The zero-order valence-electron chi connectivity index (χ0n) is 11.8. The van der Waals surface area contributed by atoms with Gasteiger partial charge in [-0.3, -0.25) is 0 Å². The smallest absolute Gasteiger partial charge is 0.137 e. The number of halogens is 2. The van der Waals surface area contributed by atoms with Crippen molar-refractivity contribution in [1.82, 2.24) is 0 Å². The molecule has 0 saturated heterocycles. The molecule has 2 aromatic rings. The molecule has 0 saturated carbocycles. The molecule has 0 bridgehead atoms. The Morgan fingerprint density at radius 2 is 1.85 bits per heavy atom. The molecule has 2 rings (SSSR count). The van der Waals surface area contributed by atoms with Crippen LogP contribution in [0.4, 0.5) is 10.1 Å². The molecule has 0 spiro atoms. The molecule has 2 aromatic carbocycles. The molecular formula is C17H19BrFN. The van der Waals surface area contributed by atoms with Crippen LogP contribution in [-0.4, -0.2) is 0 Å². The van der Waals surface area contributed by atoms with Gasteiger partial charge < -0.3 is 5.32 Å². The molecule has 1 atom stereocenters. The predicted octanol–water partition coefficient (Wildman–Crippen LogP) is 5.71.